The number of rotatable bonds is 15. The number of aromatic hydroxyl groups is 1. The molecule has 2 unspecified atom stereocenters. The van der Waals surface area contributed by atoms with Crippen molar-refractivity contribution in [2.24, 2.45) is 22.1 Å². The standard InChI is InChI=1S/C30H43N5O3.CH4/c1-6-10-14-22(8-3)19-35(20-23(9-4)15-11-7-2)30(38)24-16-12-13-17-26(24)33-34-27-21(5)25(18-31)28(36)32-29(27)37;/h12-13,16-17,22-23H,6-11,14-15,19-20H2,1-5H3,(H2,32,36,37);1H4. The molecule has 2 N–H and O–H groups in total. The van der Waals surface area contributed by atoms with Gasteiger partial charge in [-0.25, -0.2) is 0 Å². The van der Waals surface area contributed by atoms with Crippen LogP contribution in [0.25, 0.3) is 0 Å². The maximum atomic E-state index is 14.0. The van der Waals surface area contributed by atoms with E-state index >= 15 is 0 Å². The number of hydrogen-bond acceptors (Lipinski definition) is 6. The predicted octanol–water partition coefficient (Wildman–Crippen LogP) is 8.19. The average Bonchev–Trinajstić information content (AvgIpc) is 2.92. The highest BCUT2D eigenvalue weighted by molar-refractivity contribution is 5.99. The van der Waals surface area contributed by atoms with Gasteiger partial charge in [-0.2, -0.15) is 5.26 Å². The first kappa shape index (κ1) is 33.6. The summed E-state index contributed by atoms with van der Waals surface area (Å²) in [6.07, 6.45) is 8.76. The normalized spacial score (nSPS) is 12.5. The molecule has 2 rings (SSSR count). The van der Waals surface area contributed by atoms with Gasteiger partial charge in [0, 0.05) is 18.7 Å². The van der Waals surface area contributed by atoms with Crippen LogP contribution in [-0.2, 0) is 0 Å². The molecule has 0 aliphatic carbocycles. The molecule has 0 saturated carbocycles. The predicted molar refractivity (Wildman–Crippen MR) is 158 cm³/mol. The van der Waals surface area contributed by atoms with Crippen LogP contribution >= 0.6 is 0 Å². The highest BCUT2D eigenvalue weighted by atomic mass is 16.3. The summed E-state index contributed by atoms with van der Waals surface area (Å²) in [5, 5.41) is 27.5. The number of benzene rings is 1. The summed E-state index contributed by atoms with van der Waals surface area (Å²) in [7, 11) is 0. The molecular formula is C31H47N5O3. The number of pyridine rings is 1. The van der Waals surface area contributed by atoms with Crippen LogP contribution in [0.4, 0.5) is 11.4 Å². The molecule has 0 bridgehead atoms. The summed E-state index contributed by atoms with van der Waals surface area (Å²) in [6.45, 7) is 11.7. The largest absolute Gasteiger partial charge is 0.494 e. The van der Waals surface area contributed by atoms with Gasteiger partial charge in [0.1, 0.15) is 11.6 Å². The number of carbonyl (C=O) groups excluding carboxylic acids is 1. The topological polar surface area (TPSA) is 122 Å². The average molecular weight is 538 g/mol. The minimum absolute atomic E-state index is 0. The number of hydrogen-bond donors (Lipinski definition) is 2. The molecule has 39 heavy (non-hydrogen) atoms. The van der Waals surface area contributed by atoms with Gasteiger partial charge in [-0.05, 0) is 43.7 Å². The summed E-state index contributed by atoms with van der Waals surface area (Å²) in [6, 6.07) is 8.90. The highest BCUT2D eigenvalue weighted by Crippen LogP contribution is 2.28. The SMILES string of the molecule is C.CCCCC(CC)CN(CC(CC)CCCC)C(=O)c1ccccc1N=Nc1c(C)c(C#N)c(O)[nH]c1=O. The smallest absolute Gasteiger partial charge is 0.278 e. The lowest BCUT2D eigenvalue weighted by Gasteiger charge is -2.31. The van der Waals surface area contributed by atoms with Crippen molar-refractivity contribution in [3.8, 4) is 11.9 Å². The van der Waals surface area contributed by atoms with Gasteiger partial charge < -0.3 is 10.0 Å². The summed E-state index contributed by atoms with van der Waals surface area (Å²) < 4.78 is 0. The monoisotopic (exact) mass is 537 g/mol. The maximum Gasteiger partial charge on any atom is 0.278 e. The van der Waals surface area contributed by atoms with Gasteiger partial charge in [0.15, 0.2) is 5.69 Å². The van der Waals surface area contributed by atoms with Crippen molar-refractivity contribution >= 4 is 17.3 Å². The van der Waals surface area contributed by atoms with Crippen molar-refractivity contribution < 1.29 is 9.90 Å². The Bertz CT molecular complexity index is 1160. The van der Waals surface area contributed by atoms with E-state index < -0.39 is 11.4 Å². The number of unbranched alkanes of at least 4 members (excludes halogenated alkanes) is 2. The van der Waals surface area contributed by atoms with Crippen LogP contribution in [-0.4, -0.2) is 34.0 Å². The van der Waals surface area contributed by atoms with Crippen LogP contribution in [0.2, 0.25) is 0 Å². The Labute approximate surface area is 234 Å². The Morgan fingerprint density at radius 3 is 2.10 bits per heavy atom. The fraction of sp³-hybridized carbons (Fsp3) is 0.581. The molecule has 2 aromatic rings. The minimum atomic E-state index is -0.656. The Balaban J connectivity index is 0.00000760. The number of aromatic nitrogens is 1. The van der Waals surface area contributed by atoms with Crippen molar-refractivity contribution in [2.75, 3.05) is 13.1 Å². The van der Waals surface area contributed by atoms with Crippen molar-refractivity contribution in [3.05, 3.63) is 51.3 Å². The summed E-state index contributed by atoms with van der Waals surface area (Å²) in [5.41, 5.74) is 0.221. The molecule has 1 aromatic heterocycles. The van der Waals surface area contributed by atoms with Crippen LogP contribution in [0, 0.1) is 30.1 Å². The molecule has 0 aliphatic heterocycles. The Kier molecular flexibility index (Phi) is 14.8. The van der Waals surface area contributed by atoms with Crippen molar-refractivity contribution in [3.63, 3.8) is 0 Å². The number of aromatic amines is 1. The van der Waals surface area contributed by atoms with Crippen LogP contribution in [0.5, 0.6) is 5.88 Å². The second-order valence-electron chi connectivity index (χ2n) is 10.0. The first-order valence-corrected chi connectivity index (χ1v) is 14.0. The molecule has 1 amide bonds. The number of amides is 1. The lowest BCUT2D eigenvalue weighted by molar-refractivity contribution is 0.0685. The van der Waals surface area contributed by atoms with Gasteiger partial charge in [-0.3, -0.25) is 14.6 Å². The van der Waals surface area contributed by atoms with Gasteiger partial charge in [-0.15, -0.1) is 10.2 Å². The van der Waals surface area contributed by atoms with E-state index in [0.717, 1.165) is 51.4 Å². The second kappa shape index (κ2) is 17.2. The molecule has 214 valence electrons. The van der Waals surface area contributed by atoms with Crippen molar-refractivity contribution in [2.45, 2.75) is 93.4 Å². The molecule has 2 atom stereocenters. The third-order valence-electron chi connectivity index (χ3n) is 7.25. The lowest BCUT2D eigenvalue weighted by Crippen LogP contribution is -2.39. The van der Waals surface area contributed by atoms with E-state index in [0.29, 0.717) is 36.2 Å². The van der Waals surface area contributed by atoms with Crippen LogP contribution < -0.4 is 5.56 Å². The number of H-pyrrole nitrogens is 1. The molecule has 1 aromatic carbocycles. The molecule has 8 heteroatoms. The van der Waals surface area contributed by atoms with E-state index in [1.165, 1.54) is 6.92 Å². The van der Waals surface area contributed by atoms with Gasteiger partial charge in [-0.1, -0.05) is 85.8 Å². The van der Waals surface area contributed by atoms with Crippen molar-refractivity contribution in [1.82, 2.24) is 9.88 Å². The number of azo groups is 1. The Morgan fingerprint density at radius 1 is 1.03 bits per heavy atom. The fourth-order valence-electron chi connectivity index (χ4n) is 4.67. The number of nitrogens with zero attached hydrogens (tertiary/aromatic N) is 4. The molecule has 0 saturated heterocycles. The zero-order chi connectivity index (χ0) is 28.1. The summed E-state index contributed by atoms with van der Waals surface area (Å²) in [4.78, 5) is 30.6. The summed E-state index contributed by atoms with van der Waals surface area (Å²) >= 11 is 0. The summed E-state index contributed by atoms with van der Waals surface area (Å²) in [5.74, 6) is 0.277. The molecule has 0 spiro atoms. The number of nitriles is 1. The molecule has 0 aliphatic rings. The minimum Gasteiger partial charge on any atom is -0.494 e. The Morgan fingerprint density at radius 2 is 1.59 bits per heavy atom. The maximum absolute atomic E-state index is 14.0. The zero-order valence-electron chi connectivity index (χ0n) is 23.6. The highest BCUT2D eigenvalue weighted by Gasteiger charge is 2.24. The Hall–Kier alpha value is -3.47. The van der Waals surface area contributed by atoms with Crippen LogP contribution in [0.3, 0.4) is 0 Å². The van der Waals surface area contributed by atoms with Crippen LogP contribution in [0.15, 0.2) is 39.3 Å². The molecular weight excluding hydrogens is 490 g/mol. The van der Waals surface area contributed by atoms with E-state index in [9.17, 15) is 20.0 Å². The van der Waals surface area contributed by atoms with Gasteiger partial charge in [0.05, 0.1) is 11.3 Å². The zero-order valence-corrected chi connectivity index (χ0v) is 23.6. The van der Waals surface area contributed by atoms with Crippen LogP contribution in [0.1, 0.15) is 108 Å². The third kappa shape index (κ3) is 9.35. The van der Waals surface area contributed by atoms with E-state index in [1.807, 2.05) is 11.0 Å². The van der Waals surface area contributed by atoms with E-state index in [4.69, 9.17) is 0 Å². The van der Waals surface area contributed by atoms with E-state index in [-0.39, 0.29) is 30.1 Å². The van der Waals surface area contributed by atoms with Gasteiger partial charge in [0.2, 0.25) is 5.88 Å². The first-order valence-electron chi connectivity index (χ1n) is 14.0. The van der Waals surface area contributed by atoms with Gasteiger partial charge >= 0.3 is 0 Å². The molecule has 1 heterocycles. The number of carbonyl (C=O) groups is 1. The van der Waals surface area contributed by atoms with Crippen molar-refractivity contribution in [1.29, 1.82) is 5.26 Å². The third-order valence-corrected chi connectivity index (χ3v) is 7.25. The molecule has 8 nitrogen and oxygen atoms in total. The van der Waals surface area contributed by atoms with E-state index in [1.54, 1.807) is 24.3 Å². The van der Waals surface area contributed by atoms with Gasteiger partial charge in [0.25, 0.3) is 11.5 Å². The van der Waals surface area contributed by atoms with E-state index in [2.05, 4.69) is 42.9 Å². The first-order chi connectivity index (χ1) is 18.3. The quantitative estimate of drug-likeness (QED) is 0.222. The second-order valence-corrected chi connectivity index (χ2v) is 10.0. The fourth-order valence-corrected chi connectivity index (χ4v) is 4.67. The number of nitrogens with one attached hydrogen (secondary N) is 1. The molecule has 0 fully saturated rings. The lowest BCUT2D eigenvalue weighted by atomic mass is 9.95. The molecule has 0 radical (unpaired) electrons.